The highest BCUT2D eigenvalue weighted by molar-refractivity contribution is 5.97. The van der Waals surface area contributed by atoms with E-state index in [9.17, 15) is 14.4 Å². The Kier molecular flexibility index (Phi) is 7.53. The number of unbranched alkanes of at least 4 members (excludes halogenated alkanes) is 2. The van der Waals surface area contributed by atoms with Gasteiger partial charge in [0.05, 0.1) is 17.3 Å². The predicted molar refractivity (Wildman–Crippen MR) is 143 cm³/mol. The molecule has 8 heteroatoms. The molecular formula is C29H39N5O3. The highest BCUT2D eigenvalue weighted by atomic mass is 16.2. The molecule has 0 radical (unpaired) electrons. The molecule has 0 unspecified atom stereocenters. The number of rotatable bonds is 8. The van der Waals surface area contributed by atoms with Crippen molar-refractivity contribution in [3.05, 3.63) is 54.4 Å². The van der Waals surface area contributed by atoms with Crippen LogP contribution in [-0.4, -0.2) is 70.5 Å². The lowest BCUT2D eigenvalue weighted by Gasteiger charge is -2.39. The Balaban J connectivity index is 1.06. The minimum absolute atomic E-state index is 0.0763. The van der Waals surface area contributed by atoms with Crippen molar-refractivity contribution in [2.24, 2.45) is 5.41 Å². The number of nitrogens with one attached hydrogen (secondary N) is 2. The number of hydrogen-bond donors (Lipinski definition) is 2. The van der Waals surface area contributed by atoms with Gasteiger partial charge in [0.15, 0.2) is 0 Å². The molecule has 0 bridgehead atoms. The third-order valence-electron chi connectivity index (χ3n) is 8.60. The highest BCUT2D eigenvalue weighted by Crippen LogP contribution is 2.41. The summed E-state index contributed by atoms with van der Waals surface area (Å²) in [5.41, 5.74) is 1.80. The van der Waals surface area contributed by atoms with Gasteiger partial charge in [-0.25, -0.2) is 4.79 Å². The van der Waals surface area contributed by atoms with Gasteiger partial charge in [0, 0.05) is 51.0 Å². The molecule has 3 aliphatic heterocycles. The van der Waals surface area contributed by atoms with E-state index in [0.29, 0.717) is 6.42 Å². The monoisotopic (exact) mass is 505 g/mol. The molecule has 2 N–H and O–H groups in total. The smallest absolute Gasteiger partial charge is 0.315 e. The van der Waals surface area contributed by atoms with E-state index in [1.54, 1.807) is 0 Å². The van der Waals surface area contributed by atoms with Gasteiger partial charge in [-0.15, -0.1) is 0 Å². The lowest BCUT2D eigenvalue weighted by atomic mass is 9.77. The first-order chi connectivity index (χ1) is 17.9. The summed E-state index contributed by atoms with van der Waals surface area (Å²) in [6.45, 7) is 5.17. The zero-order valence-corrected chi connectivity index (χ0v) is 21.8. The minimum atomic E-state index is -0.0763. The van der Waals surface area contributed by atoms with Crippen LogP contribution in [0, 0.1) is 5.41 Å². The van der Waals surface area contributed by atoms with E-state index in [0.717, 1.165) is 82.4 Å². The summed E-state index contributed by atoms with van der Waals surface area (Å²) < 4.78 is 1.99. The molecule has 198 valence electrons. The van der Waals surface area contributed by atoms with E-state index in [1.165, 1.54) is 0 Å². The van der Waals surface area contributed by atoms with Crippen LogP contribution in [0.25, 0.3) is 5.69 Å². The summed E-state index contributed by atoms with van der Waals surface area (Å²) in [7, 11) is 0. The summed E-state index contributed by atoms with van der Waals surface area (Å²) in [5, 5.41) is 5.84. The Bertz CT molecular complexity index is 1110. The fourth-order valence-corrected chi connectivity index (χ4v) is 6.23. The summed E-state index contributed by atoms with van der Waals surface area (Å²) in [6.07, 6.45) is 11.3. The van der Waals surface area contributed by atoms with Crippen LogP contribution >= 0.6 is 0 Å². The number of benzene rings is 1. The van der Waals surface area contributed by atoms with Gasteiger partial charge in [0.1, 0.15) is 0 Å². The van der Waals surface area contributed by atoms with Gasteiger partial charge in [-0.1, -0.05) is 25.0 Å². The first-order valence-corrected chi connectivity index (χ1v) is 13.8. The Morgan fingerprint density at radius 1 is 0.919 bits per heavy atom. The number of likely N-dealkylation sites (tertiary alicyclic amines) is 2. The molecular weight excluding hydrogens is 466 g/mol. The normalized spacial score (nSPS) is 22.8. The van der Waals surface area contributed by atoms with Crippen LogP contribution in [0.1, 0.15) is 68.6 Å². The molecule has 3 saturated heterocycles. The van der Waals surface area contributed by atoms with Crippen molar-refractivity contribution in [3.8, 4) is 5.69 Å². The van der Waals surface area contributed by atoms with Crippen molar-refractivity contribution < 1.29 is 14.4 Å². The van der Waals surface area contributed by atoms with E-state index < -0.39 is 0 Å². The average Bonchev–Trinajstić information content (AvgIpc) is 3.65. The van der Waals surface area contributed by atoms with Gasteiger partial charge in [-0.2, -0.15) is 0 Å². The fourth-order valence-electron chi connectivity index (χ4n) is 6.23. The molecule has 1 aromatic heterocycles. The van der Waals surface area contributed by atoms with Crippen LogP contribution in [-0.2, 0) is 4.79 Å². The second-order valence-electron chi connectivity index (χ2n) is 11.1. The van der Waals surface area contributed by atoms with Crippen LogP contribution in [0.3, 0.4) is 0 Å². The molecule has 5 rings (SSSR count). The van der Waals surface area contributed by atoms with Gasteiger partial charge < -0.3 is 25.0 Å². The van der Waals surface area contributed by atoms with Crippen molar-refractivity contribution >= 4 is 17.8 Å². The van der Waals surface area contributed by atoms with Gasteiger partial charge in [-0.05, 0) is 68.7 Å². The van der Waals surface area contributed by atoms with Gasteiger partial charge >= 0.3 is 6.03 Å². The maximum Gasteiger partial charge on any atom is 0.315 e. The minimum Gasteiger partial charge on any atom is -0.342 e. The Morgan fingerprint density at radius 2 is 1.62 bits per heavy atom. The van der Waals surface area contributed by atoms with Crippen molar-refractivity contribution in [2.45, 2.75) is 70.4 Å². The molecule has 4 heterocycles. The number of piperidine rings is 1. The molecule has 3 aliphatic rings. The Hall–Kier alpha value is -3.29. The van der Waals surface area contributed by atoms with Crippen molar-refractivity contribution in [2.75, 3.05) is 26.2 Å². The first-order valence-electron chi connectivity index (χ1n) is 13.8. The number of para-hydroxylation sites is 1. The van der Waals surface area contributed by atoms with Crippen molar-refractivity contribution in [3.63, 3.8) is 0 Å². The standard InChI is InChI=1S/C29H39N5O3/c1-22-24(31-28(37)30-22)10-3-2-4-12-26(35)34-20-15-29(21-34)13-18-33(19-14-29)27(36)23-9-5-6-11-25(23)32-16-7-8-17-32/h5-9,11,16-17,22,24H,2-4,10,12-15,18-21H2,1H3,(H2,30,31,37)/t22-,24+/m0/s1. The predicted octanol–water partition coefficient (Wildman–Crippen LogP) is 3.95. The number of nitrogens with zero attached hydrogens (tertiary/aromatic N) is 3. The third kappa shape index (κ3) is 5.68. The molecule has 37 heavy (non-hydrogen) atoms. The van der Waals surface area contributed by atoms with Crippen molar-refractivity contribution in [1.29, 1.82) is 0 Å². The van der Waals surface area contributed by atoms with E-state index in [2.05, 4.69) is 15.5 Å². The van der Waals surface area contributed by atoms with E-state index in [1.807, 2.05) is 65.2 Å². The molecule has 0 aliphatic carbocycles. The fraction of sp³-hybridized carbons (Fsp3) is 0.552. The molecule has 3 fully saturated rings. The quantitative estimate of drug-likeness (QED) is 0.533. The molecule has 1 spiro atoms. The Morgan fingerprint density at radius 3 is 2.32 bits per heavy atom. The zero-order valence-electron chi connectivity index (χ0n) is 21.8. The maximum absolute atomic E-state index is 13.4. The SMILES string of the molecule is C[C@@H]1NC(=O)N[C@@H]1CCCCCC(=O)N1CCC2(CCN(C(=O)c3ccccc3-n3cccc3)CC2)C1. The van der Waals surface area contributed by atoms with Crippen molar-refractivity contribution in [1.82, 2.24) is 25.0 Å². The van der Waals surface area contributed by atoms with Crippen LogP contribution in [0.5, 0.6) is 0 Å². The van der Waals surface area contributed by atoms with Crippen LogP contribution in [0.2, 0.25) is 0 Å². The van der Waals surface area contributed by atoms with Crippen LogP contribution < -0.4 is 10.6 Å². The number of carbonyl (C=O) groups excluding carboxylic acids is 3. The molecule has 2 aromatic rings. The molecule has 0 saturated carbocycles. The summed E-state index contributed by atoms with van der Waals surface area (Å²) in [6, 6.07) is 12.0. The Labute approximate surface area is 219 Å². The molecule has 1 aromatic carbocycles. The third-order valence-corrected chi connectivity index (χ3v) is 8.60. The lowest BCUT2D eigenvalue weighted by Crippen LogP contribution is -2.44. The second kappa shape index (κ2) is 11.0. The van der Waals surface area contributed by atoms with E-state index >= 15 is 0 Å². The van der Waals surface area contributed by atoms with Gasteiger partial charge in [-0.3, -0.25) is 9.59 Å². The number of hydrogen-bond acceptors (Lipinski definition) is 3. The number of aromatic nitrogens is 1. The summed E-state index contributed by atoms with van der Waals surface area (Å²) in [5.74, 6) is 0.354. The number of amides is 4. The maximum atomic E-state index is 13.4. The number of urea groups is 1. The lowest BCUT2D eigenvalue weighted by molar-refractivity contribution is -0.130. The zero-order chi connectivity index (χ0) is 25.8. The summed E-state index contributed by atoms with van der Waals surface area (Å²) in [4.78, 5) is 41.7. The van der Waals surface area contributed by atoms with Gasteiger partial charge in [0.25, 0.3) is 5.91 Å². The molecule has 8 nitrogen and oxygen atoms in total. The first kappa shape index (κ1) is 25.4. The van der Waals surface area contributed by atoms with Gasteiger partial charge in [0.2, 0.25) is 5.91 Å². The molecule has 4 amide bonds. The van der Waals surface area contributed by atoms with Crippen LogP contribution in [0.4, 0.5) is 4.79 Å². The number of carbonyl (C=O) groups is 3. The topological polar surface area (TPSA) is 86.7 Å². The van der Waals surface area contributed by atoms with E-state index in [-0.39, 0.29) is 35.3 Å². The largest absolute Gasteiger partial charge is 0.342 e. The highest BCUT2D eigenvalue weighted by Gasteiger charge is 2.42. The average molecular weight is 506 g/mol. The van der Waals surface area contributed by atoms with Crippen LogP contribution in [0.15, 0.2) is 48.8 Å². The summed E-state index contributed by atoms with van der Waals surface area (Å²) >= 11 is 0. The van der Waals surface area contributed by atoms with E-state index in [4.69, 9.17) is 0 Å². The second-order valence-corrected chi connectivity index (χ2v) is 11.1. The molecule has 2 atom stereocenters.